The van der Waals surface area contributed by atoms with Crippen molar-refractivity contribution in [2.75, 3.05) is 13.1 Å². The number of hydrogen-bond donors (Lipinski definition) is 0. The maximum atomic E-state index is 13.0. The molecule has 0 N–H and O–H groups in total. The Morgan fingerprint density at radius 1 is 1.09 bits per heavy atom. The SMILES string of the molecule is CC(C)(C)c1nc(-c2ccc(C(=O)N3CC4(CC(n5nccc5C5CC5)C4)C3)cc2)no1. The molecule has 1 aliphatic heterocycles. The van der Waals surface area contributed by atoms with Crippen molar-refractivity contribution in [2.45, 2.75) is 63.8 Å². The Morgan fingerprint density at radius 2 is 1.81 bits per heavy atom. The number of likely N-dealkylation sites (tertiary alicyclic amines) is 1. The number of benzene rings is 1. The molecule has 0 atom stereocenters. The van der Waals surface area contributed by atoms with Crippen LogP contribution < -0.4 is 0 Å². The fourth-order valence-electron chi connectivity index (χ4n) is 5.20. The molecule has 166 valence electrons. The summed E-state index contributed by atoms with van der Waals surface area (Å²) in [5, 5.41) is 8.68. The van der Waals surface area contributed by atoms with E-state index in [0.29, 0.717) is 28.7 Å². The molecule has 7 nitrogen and oxygen atoms in total. The maximum Gasteiger partial charge on any atom is 0.253 e. The number of aromatic nitrogens is 4. The van der Waals surface area contributed by atoms with E-state index >= 15 is 0 Å². The van der Waals surface area contributed by atoms with Crippen LogP contribution in [0.25, 0.3) is 11.4 Å². The summed E-state index contributed by atoms with van der Waals surface area (Å²) in [4.78, 5) is 19.4. The van der Waals surface area contributed by atoms with Gasteiger partial charge in [-0.2, -0.15) is 10.1 Å². The number of carbonyl (C=O) groups is 1. The molecule has 32 heavy (non-hydrogen) atoms. The second-order valence-corrected chi connectivity index (χ2v) is 10.9. The van der Waals surface area contributed by atoms with Crippen LogP contribution in [0.4, 0.5) is 0 Å². The lowest BCUT2D eigenvalue weighted by Gasteiger charge is -2.59. The highest BCUT2D eigenvalue weighted by molar-refractivity contribution is 5.95. The molecule has 0 radical (unpaired) electrons. The largest absolute Gasteiger partial charge is 0.338 e. The first kappa shape index (κ1) is 19.7. The highest BCUT2D eigenvalue weighted by Gasteiger charge is 2.55. The molecule has 2 aliphatic carbocycles. The van der Waals surface area contributed by atoms with Crippen molar-refractivity contribution in [3.63, 3.8) is 0 Å². The average Bonchev–Trinajstić information content (AvgIpc) is 3.22. The van der Waals surface area contributed by atoms with Crippen molar-refractivity contribution in [1.82, 2.24) is 24.8 Å². The van der Waals surface area contributed by atoms with Gasteiger partial charge in [-0.1, -0.05) is 38.1 Å². The third kappa shape index (κ3) is 3.26. The third-order valence-electron chi connectivity index (χ3n) is 7.18. The molecule has 3 fully saturated rings. The van der Waals surface area contributed by atoms with E-state index in [4.69, 9.17) is 4.52 Å². The second kappa shape index (κ2) is 6.77. The van der Waals surface area contributed by atoms with Crippen LogP contribution in [0.3, 0.4) is 0 Å². The van der Waals surface area contributed by atoms with Crippen LogP contribution in [0.5, 0.6) is 0 Å². The molecule has 2 aromatic heterocycles. The zero-order valence-corrected chi connectivity index (χ0v) is 18.9. The van der Waals surface area contributed by atoms with E-state index in [-0.39, 0.29) is 11.3 Å². The van der Waals surface area contributed by atoms with Crippen molar-refractivity contribution >= 4 is 5.91 Å². The van der Waals surface area contributed by atoms with Crippen LogP contribution in [0.15, 0.2) is 41.1 Å². The van der Waals surface area contributed by atoms with Crippen LogP contribution in [-0.2, 0) is 5.41 Å². The summed E-state index contributed by atoms with van der Waals surface area (Å²) >= 11 is 0. The zero-order chi connectivity index (χ0) is 22.1. The van der Waals surface area contributed by atoms with E-state index in [9.17, 15) is 4.79 Å². The Labute approximate surface area is 187 Å². The van der Waals surface area contributed by atoms with Gasteiger partial charge in [0, 0.05) is 52.9 Å². The lowest BCUT2D eigenvalue weighted by molar-refractivity contribution is -0.0744. The van der Waals surface area contributed by atoms with E-state index in [1.54, 1.807) is 0 Å². The quantitative estimate of drug-likeness (QED) is 0.604. The van der Waals surface area contributed by atoms with E-state index in [1.807, 2.05) is 56.1 Å². The Balaban J connectivity index is 1.07. The minimum absolute atomic E-state index is 0.104. The van der Waals surface area contributed by atoms with E-state index < -0.39 is 0 Å². The summed E-state index contributed by atoms with van der Waals surface area (Å²) in [6.45, 7) is 7.82. The molecule has 1 aromatic carbocycles. The van der Waals surface area contributed by atoms with Crippen LogP contribution in [-0.4, -0.2) is 43.8 Å². The molecular formula is C25H29N5O2. The molecule has 7 heteroatoms. The minimum atomic E-state index is -0.188. The Bertz CT molecular complexity index is 1150. The Hall–Kier alpha value is -2.96. The smallest absolute Gasteiger partial charge is 0.253 e. The number of hydrogen-bond acceptors (Lipinski definition) is 5. The van der Waals surface area contributed by atoms with E-state index in [0.717, 1.165) is 37.4 Å². The topological polar surface area (TPSA) is 77.1 Å². The maximum absolute atomic E-state index is 13.0. The summed E-state index contributed by atoms with van der Waals surface area (Å²) in [7, 11) is 0. The van der Waals surface area contributed by atoms with Gasteiger partial charge in [0.05, 0.1) is 6.04 Å². The van der Waals surface area contributed by atoms with Crippen LogP contribution in [0.1, 0.15) is 80.4 Å². The molecule has 0 bridgehead atoms. The highest BCUT2D eigenvalue weighted by Crippen LogP contribution is 2.55. The van der Waals surface area contributed by atoms with Gasteiger partial charge >= 0.3 is 0 Å². The first-order valence-electron chi connectivity index (χ1n) is 11.6. The Kier molecular flexibility index (Phi) is 4.17. The van der Waals surface area contributed by atoms with Gasteiger partial charge in [0.1, 0.15) is 0 Å². The molecular weight excluding hydrogens is 402 g/mol. The van der Waals surface area contributed by atoms with E-state index in [2.05, 4.69) is 26.0 Å². The predicted molar refractivity (Wildman–Crippen MR) is 119 cm³/mol. The summed E-state index contributed by atoms with van der Waals surface area (Å²) in [6.07, 6.45) is 6.80. The van der Waals surface area contributed by atoms with Crippen molar-refractivity contribution < 1.29 is 9.32 Å². The monoisotopic (exact) mass is 431 g/mol. The number of carbonyl (C=O) groups excluding carboxylic acids is 1. The summed E-state index contributed by atoms with van der Waals surface area (Å²) in [6, 6.07) is 10.2. The lowest BCUT2D eigenvalue weighted by atomic mass is 9.60. The molecule has 1 saturated heterocycles. The third-order valence-corrected chi connectivity index (χ3v) is 7.18. The van der Waals surface area contributed by atoms with Gasteiger partial charge in [-0.25, -0.2) is 0 Å². The van der Waals surface area contributed by atoms with Gasteiger partial charge in [0.15, 0.2) is 0 Å². The van der Waals surface area contributed by atoms with Gasteiger partial charge < -0.3 is 9.42 Å². The van der Waals surface area contributed by atoms with Gasteiger partial charge in [-0.3, -0.25) is 9.48 Å². The Morgan fingerprint density at radius 3 is 2.44 bits per heavy atom. The van der Waals surface area contributed by atoms with Crippen LogP contribution in [0.2, 0.25) is 0 Å². The average molecular weight is 432 g/mol. The van der Waals surface area contributed by atoms with Gasteiger partial charge in [0.2, 0.25) is 11.7 Å². The number of rotatable bonds is 4. The van der Waals surface area contributed by atoms with Gasteiger partial charge in [-0.05, 0) is 43.9 Å². The standard InChI is InChI=1S/C25H29N5O2/c1-24(2,3)23-27-21(28-32-23)17-6-8-18(9-7-17)22(31)29-14-25(15-29)12-19(13-25)30-20(10-11-26-30)16-4-5-16/h6-11,16,19H,4-5,12-15H2,1-3H3. The second-order valence-electron chi connectivity index (χ2n) is 10.9. The van der Waals surface area contributed by atoms with Gasteiger partial charge in [-0.15, -0.1) is 0 Å². The van der Waals surface area contributed by atoms with Crippen LogP contribution >= 0.6 is 0 Å². The molecule has 3 heterocycles. The summed E-state index contributed by atoms with van der Waals surface area (Å²) in [5.74, 6) is 1.99. The fourth-order valence-corrected chi connectivity index (χ4v) is 5.20. The first-order valence-corrected chi connectivity index (χ1v) is 11.6. The van der Waals surface area contributed by atoms with Crippen molar-refractivity contribution in [1.29, 1.82) is 0 Å². The highest BCUT2D eigenvalue weighted by atomic mass is 16.5. The number of nitrogens with zero attached hydrogens (tertiary/aromatic N) is 5. The van der Waals surface area contributed by atoms with E-state index in [1.165, 1.54) is 18.5 Å². The van der Waals surface area contributed by atoms with Crippen molar-refractivity contribution in [3.8, 4) is 11.4 Å². The van der Waals surface area contributed by atoms with Crippen molar-refractivity contribution in [2.24, 2.45) is 5.41 Å². The van der Waals surface area contributed by atoms with Crippen molar-refractivity contribution in [3.05, 3.63) is 53.7 Å². The normalized spacial score (nSPS) is 20.3. The first-order chi connectivity index (χ1) is 15.3. The van der Waals surface area contributed by atoms with Gasteiger partial charge in [0.25, 0.3) is 5.91 Å². The summed E-state index contributed by atoms with van der Waals surface area (Å²) < 4.78 is 7.64. The molecule has 3 aliphatic rings. The molecule has 0 unspecified atom stereocenters. The minimum Gasteiger partial charge on any atom is -0.338 e. The summed E-state index contributed by atoms with van der Waals surface area (Å²) in [5.41, 5.74) is 3.08. The predicted octanol–water partition coefficient (Wildman–Crippen LogP) is 4.59. The number of amides is 1. The molecule has 1 spiro atoms. The van der Waals surface area contributed by atoms with Crippen LogP contribution in [0, 0.1) is 5.41 Å². The zero-order valence-electron chi connectivity index (χ0n) is 18.9. The molecule has 3 aromatic rings. The molecule has 2 saturated carbocycles. The molecule has 1 amide bonds. The molecule has 6 rings (SSSR count). The fraction of sp³-hybridized carbons (Fsp3) is 0.520. The lowest BCUT2D eigenvalue weighted by Crippen LogP contribution is -2.63.